The van der Waals surface area contributed by atoms with Gasteiger partial charge in [0, 0.05) is 17.5 Å². The first-order valence-electron chi connectivity index (χ1n) is 7.81. The summed E-state index contributed by atoms with van der Waals surface area (Å²) < 4.78 is 1.82. The van der Waals surface area contributed by atoms with Gasteiger partial charge in [0.25, 0.3) is 0 Å². The molecule has 3 aromatic rings. The van der Waals surface area contributed by atoms with Crippen molar-refractivity contribution in [3.63, 3.8) is 0 Å². The van der Waals surface area contributed by atoms with Gasteiger partial charge in [-0.1, -0.05) is 48.2 Å². The van der Waals surface area contributed by atoms with Gasteiger partial charge in [-0.05, 0) is 11.4 Å². The molecule has 0 spiro atoms. The van der Waals surface area contributed by atoms with E-state index in [0.29, 0.717) is 11.7 Å². The number of rotatable bonds is 6. The summed E-state index contributed by atoms with van der Waals surface area (Å²) in [7, 11) is 1.84. The fraction of sp³-hybridized carbons (Fsp3) is 0.176. The van der Waals surface area contributed by atoms with Crippen molar-refractivity contribution in [1.82, 2.24) is 25.4 Å². The van der Waals surface area contributed by atoms with Crippen molar-refractivity contribution < 1.29 is 9.59 Å². The smallest absolute Gasteiger partial charge is 0.321 e. The Balaban J connectivity index is 1.49. The van der Waals surface area contributed by atoms with Crippen molar-refractivity contribution in [1.29, 1.82) is 0 Å². The van der Waals surface area contributed by atoms with Gasteiger partial charge >= 0.3 is 6.03 Å². The number of imide groups is 1. The normalized spacial score (nSPS) is 10.5. The highest BCUT2D eigenvalue weighted by atomic mass is 32.2. The lowest BCUT2D eigenvalue weighted by Crippen LogP contribution is -2.39. The van der Waals surface area contributed by atoms with E-state index < -0.39 is 6.03 Å². The summed E-state index contributed by atoms with van der Waals surface area (Å²) in [5.74, 6) is 0.415. The highest BCUT2D eigenvalue weighted by molar-refractivity contribution is 7.99. The van der Waals surface area contributed by atoms with E-state index in [1.807, 2.05) is 59.5 Å². The van der Waals surface area contributed by atoms with Gasteiger partial charge in [-0.3, -0.25) is 10.1 Å². The van der Waals surface area contributed by atoms with Gasteiger partial charge in [0.2, 0.25) is 5.91 Å². The van der Waals surface area contributed by atoms with Crippen molar-refractivity contribution in [2.24, 2.45) is 7.05 Å². The van der Waals surface area contributed by atoms with Crippen LogP contribution in [0.1, 0.15) is 4.88 Å². The second-order valence-electron chi connectivity index (χ2n) is 5.33. The first-order chi connectivity index (χ1) is 12.6. The van der Waals surface area contributed by atoms with Crippen LogP contribution in [0.2, 0.25) is 0 Å². The van der Waals surface area contributed by atoms with Crippen molar-refractivity contribution in [2.75, 3.05) is 5.75 Å². The first-order valence-corrected chi connectivity index (χ1v) is 9.67. The molecule has 2 N–H and O–H groups in total. The average molecular weight is 387 g/mol. The number of benzene rings is 1. The molecule has 0 saturated heterocycles. The van der Waals surface area contributed by atoms with Crippen molar-refractivity contribution >= 4 is 35.0 Å². The van der Waals surface area contributed by atoms with E-state index in [0.717, 1.165) is 16.3 Å². The SMILES string of the molecule is Cn1c(SCC(=O)NC(=O)NCc2cccs2)nnc1-c1ccccc1. The number of amides is 3. The quantitative estimate of drug-likeness (QED) is 0.635. The molecule has 1 aromatic carbocycles. The molecule has 0 aliphatic carbocycles. The Morgan fingerprint density at radius 1 is 1.15 bits per heavy atom. The minimum Gasteiger partial charge on any atom is -0.333 e. The Hall–Kier alpha value is -2.65. The number of carbonyl (C=O) groups excluding carboxylic acids is 2. The van der Waals surface area contributed by atoms with E-state index in [1.54, 1.807) is 11.3 Å². The summed E-state index contributed by atoms with van der Waals surface area (Å²) in [6.45, 7) is 0.396. The van der Waals surface area contributed by atoms with Crippen LogP contribution in [0.3, 0.4) is 0 Å². The molecular weight excluding hydrogens is 370 g/mol. The molecular formula is C17H17N5O2S2. The third kappa shape index (κ3) is 4.70. The molecule has 0 atom stereocenters. The van der Waals surface area contributed by atoms with E-state index >= 15 is 0 Å². The van der Waals surface area contributed by atoms with Crippen LogP contribution in [0.4, 0.5) is 4.79 Å². The topological polar surface area (TPSA) is 88.9 Å². The number of urea groups is 1. The molecule has 0 aliphatic rings. The number of hydrogen-bond acceptors (Lipinski definition) is 6. The number of aromatic nitrogens is 3. The lowest BCUT2D eigenvalue weighted by Gasteiger charge is -2.06. The van der Waals surface area contributed by atoms with Crippen LogP contribution in [0.25, 0.3) is 11.4 Å². The maximum Gasteiger partial charge on any atom is 0.321 e. The van der Waals surface area contributed by atoms with Crippen LogP contribution >= 0.6 is 23.1 Å². The molecule has 0 unspecified atom stereocenters. The fourth-order valence-electron chi connectivity index (χ4n) is 2.20. The molecule has 3 rings (SSSR count). The van der Waals surface area contributed by atoms with Crippen LogP contribution in [0.5, 0.6) is 0 Å². The third-order valence-electron chi connectivity index (χ3n) is 3.46. The number of thioether (sulfide) groups is 1. The van der Waals surface area contributed by atoms with Crippen LogP contribution in [0.15, 0.2) is 53.0 Å². The summed E-state index contributed by atoms with van der Waals surface area (Å²) >= 11 is 2.77. The van der Waals surface area contributed by atoms with Gasteiger partial charge in [0.1, 0.15) is 0 Å². The molecule has 26 heavy (non-hydrogen) atoms. The molecule has 2 aromatic heterocycles. The Morgan fingerprint density at radius 3 is 2.69 bits per heavy atom. The zero-order valence-corrected chi connectivity index (χ0v) is 15.6. The number of hydrogen-bond donors (Lipinski definition) is 2. The Kier molecular flexibility index (Phi) is 6.03. The van der Waals surface area contributed by atoms with Crippen LogP contribution in [0, 0.1) is 0 Å². The molecule has 0 radical (unpaired) electrons. The zero-order valence-electron chi connectivity index (χ0n) is 14.0. The van der Waals surface area contributed by atoms with Gasteiger partial charge in [-0.2, -0.15) is 0 Å². The largest absolute Gasteiger partial charge is 0.333 e. The highest BCUT2D eigenvalue weighted by Crippen LogP contribution is 2.22. The summed E-state index contributed by atoms with van der Waals surface area (Å²) in [5, 5.41) is 15.8. The minimum absolute atomic E-state index is 0.0766. The number of nitrogens with zero attached hydrogens (tertiary/aromatic N) is 3. The summed E-state index contributed by atoms with van der Waals surface area (Å²) in [6.07, 6.45) is 0. The third-order valence-corrected chi connectivity index (χ3v) is 5.35. The standard InChI is InChI=1S/C17H17N5O2S2/c1-22-15(12-6-3-2-4-7-12)20-21-17(22)26-11-14(23)19-16(24)18-10-13-8-5-9-25-13/h2-9H,10-11H2,1H3,(H2,18,19,23,24). The number of nitrogens with one attached hydrogen (secondary N) is 2. The molecule has 7 nitrogen and oxygen atoms in total. The number of thiophene rings is 1. The Labute approximate surface area is 158 Å². The first kappa shape index (κ1) is 18.2. The predicted molar refractivity (Wildman–Crippen MR) is 102 cm³/mol. The van der Waals surface area contributed by atoms with Crippen LogP contribution in [-0.4, -0.2) is 32.5 Å². The van der Waals surface area contributed by atoms with Crippen molar-refractivity contribution in [2.45, 2.75) is 11.7 Å². The van der Waals surface area contributed by atoms with Gasteiger partial charge in [0.05, 0.1) is 12.3 Å². The van der Waals surface area contributed by atoms with Gasteiger partial charge < -0.3 is 9.88 Å². The zero-order chi connectivity index (χ0) is 18.4. The molecule has 0 bridgehead atoms. The molecule has 0 saturated carbocycles. The minimum atomic E-state index is -0.507. The second kappa shape index (κ2) is 8.63. The van der Waals surface area contributed by atoms with E-state index in [2.05, 4.69) is 20.8 Å². The summed E-state index contributed by atoms with van der Waals surface area (Å²) in [5.41, 5.74) is 0.951. The highest BCUT2D eigenvalue weighted by Gasteiger charge is 2.14. The van der Waals surface area contributed by atoms with Gasteiger partial charge in [-0.15, -0.1) is 21.5 Å². The van der Waals surface area contributed by atoms with Crippen molar-refractivity contribution in [3.8, 4) is 11.4 Å². The Bertz CT molecular complexity index is 878. The van der Waals surface area contributed by atoms with Crippen LogP contribution < -0.4 is 10.6 Å². The van der Waals surface area contributed by atoms with Crippen LogP contribution in [-0.2, 0) is 18.4 Å². The lowest BCUT2D eigenvalue weighted by atomic mass is 10.2. The molecule has 0 fully saturated rings. The van der Waals surface area contributed by atoms with E-state index in [9.17, 15) is 9.59 Å². The summed E-state index contributed by atoms with van der Waals surface area (Å²) in [6, 6.07) is 13.0. The van der Waals surface area contributed by atoms with Gasteiger partial charge in [-0.25, -0.2) is 4.79 Å². The van der Waals surface area contributed by atoms with E-state index in [1.165, 1.54) is 11.8 Å². The molecule has 0 aliphatic heterocycles. The van der Waals surface area contributed by atoms with E-state index in [4.69, 9.17) is 0 Å². The maximum absolute atomic E-state index is 11.9. The predicted octanol–water partition coefficient (Wildman–Crippen LogP) is 2.66. The monoisotopic (exact) mass is 387 g/mol. The molecule has 9 heteroatoms. The second-order valence-corrected chi connectivity index (χ2v) is 7.30. The summed E-state index contributed by atoms with van der Waals surface area (Å²) in [4.78, 5) is 24.7. The number of carbonyl (C=O) groups is 2. The molecule has 2 heterocycles. The lowest BCUT2D eigenvalue weighted by molar-refractivity contribution is -0.117. The fourth-order valence-corrected chi connectivity index (χ4v) is 3.55. The average Bonchev–Trinajstić information content (AvgIpc) is 3.29. The van der Waals surface area contributed by atoms with Crippen molar-refractivity contribution in [3.05, 3.63) is 52.7 Å². The van der Waals surface area contributed by atoms with E-state index in [-0.39, 0.29) is 11.7 Å². The molecule has 134 valence electrons. The maximum atomic E-state index is 11.9. The van der Waals surface area contributed by atoms with Gasteiger partial charge in [0.15, 0.2) is 11.0 Å². The Morgan fingerprint density at radius 2 is 1.96 bits per heavy atom. The molecule has 3 amide bonds.